The molecule has 0 bridgehead atoms. The summed E-state index contributed by atoms with van der Waals surface area (Å²) in [6.07, 6.45) is 1.61. The highest BCUT2D eigenvalue weighted by Crippen LogP contribution is 2.21. The van der Waals surface area contributed by atoms with E-state index in [-0.39, 0.29) is 30.1 Å². The van der Waals surface area contributed by atoms with Crippen LogP contribution in [0.3, 0.4) is 0 Å². The van der Waals surface area contributed by atoms with Crippen molar-refractivity contribution in [1.82, 2.24) is 10.2 Å². The first-order chi connectivity index (χ1) is 13.7. The third kappa shape index (κ3) is 6.48. The molecule has 3 N–H and O–H groups in total. The lowest BCUT2D eigenvalue weighted by molar-refractivity contribution is -0.126. The van der Waals surface area contributed by atoms with E-state index < -0.39 is 0 Å². The molecule has 7 heteroatoms. The SMILES string of the molecule is Cl.NCCNC(=O)C1CCCN(C(=O)c2cccc(OCc3ccccc3)c2)C1. The summed E-state index contributed by atoms with van der Waals surface area (Å²) >= 11 is 0. The maximum atomic E-state index is 12.9. The summed E-state index contributed by atoms with van der Waals surface area (Å²) in [6, 6.07) is 17.1. The molecule has 2 aromatic rings. The number of likely N-dealkylation sites (tertiary alicyclic amines) is 1. The van der Waals surface area contributed by atoms with Crippen LogP contribution in [0.5, 0.6) is 5.75 Å². The fourth-order valence-electron chi connectivity index (χ4n) is 3.36. The van der Waals surface area contributed by atoms with Crippen molar-refractivity contribution in [1.29, 1.82) is 0 Å². The summed E-state index contributed by atoms with van der Waals surface area (Å²) in [5.74, 6) is 0.384. The molecule has 1 aliphatic heterocycles. The van der Waals surface area contributed by atoms with Gasteiger partial charge in [0, 0.05) is 31.7 Å². The monoisotopic (exact) mass is 417 g/mol. The van der Waals surface area contributed by atoms with Crippen molar-refractivity contribution in [2.75, 3.05) is 26.2 Å². The molecule has 1 fully saturated rings. The van der Waals surface area contributed by atoms with E-state index in [0.717, 1.165) is 18.4 Å². The Morgan fingerprint density at radius 1 is 1.14 bits per heavy atom. The normalized spacial score (nSPS) is 15.9. The van der Waals surface area contributed by atoms with Gasteiger partial charge in [-0.15, -0.1) is 12.4 Å². The number of carbonyl (C=O) groups is 2. The van der Waals surface area contributed by atoms with E-state index in [2.05, 4.69) is 5.32 Å². The number of ether oxygens (including phenoxy) is 1. The van der Waals surface area contributed by atoms with Crippen LogP contribution in [0.15, 0.2) is 54.6 Å². The lowest BCUT2D eigenvalue weighted by Crippen LogP contribution is -2.46. The van der Waals surface area contributed by atoms with Crippen molar-refractivity contribution in [2.24, 2.45) is 11.7 Å². The lowest BCUT2D eigenvalue weighted by Gasteiger charge is -2.32. The highest BCUT2D eigenvalue weighted by molar-refractivity contribution is 5.95. The van der Waals surface area contributed by atoms with Gasteiger partial charge in [-0.25, -0.2) is 0 Å². The zero-order chi connectivity index (χ0) is 19.8. The van der Waals surface area contributed by atoms with Gasteiger partial charge >= 0.3 is 0 Å². The molecule has 6 nitrogen and oxygen atoms in total. The van der Waals surface area contributed by atoms with E-state index in [9.17, 15) is 9.59 Å². The number of rotatable bonds is 7. The molecule has 1 heterocycles. The summed E-state index contributed by atoms with van der Waals surface area (Å²) in [5, 5.41) is 2.82. The third-order valence-electron chi connectivity index (χ3n) is 4.85. The molecule has 1 atom stereocenters. The summed E-state index contributed by atoms with van der Waals surface area (Å²) in [5.41, 5.74) is 7.09. The number of halogens is 1. The number of hydrogen-bond acceptors (Lipinski definition) is 4. The Labute approximate surface area is 177 Å². The molecule has 29 heavy (non-hydrogen) atoms. The van der Waals surface area contributed by atoms with Gasteiger partial charge in [-0.05, 0) is 36.6 Å². The topological polar surface area (TPSA) is 84.7 Å². The highest BCUT2D eigenvalue weighted by atomic mass is 35.5. The van der Waals surface area contributed by atoms with Crippen molar-refractivity contribution >= 4 is 24.2 Å². The van der Waals surface area contributed by atoms with Gasteiger partial charge in [0.1, 0.15) is 12.4 Å². The average molecular weight is 418 g/mol. The van der Waals surface area contributed by atoms with Gasteiger partial charge in [0.25, 0.3) is 5.91 Å². The Kier molecular flexibility index (Phi) is 8.96. The van der Waals surface area contributed by atoms with Crippen molar-refractivity contribution in [3.05, 3.63) is 65.7 Å². The quantitative estimate of drug-likeness (QED) is 0.725. The minimum Gasteiger partial charge on any atom is -0.489 e. The third-order valence-corrected chi connectivity index (χ3v) is 4.85. The standard InChI is InChI=1S/C22H27N3O3.ClH/c23-11-12-24-21(26)19-9-5-13-25(15-19)22(27)18-8-4-10-20(14-18)28-16-17-6-2-1-3-7-17;/h1-4,6-8,10,14,19H,5,9,11-13,15-16,23H2,(H,24,26);1H. The molecule has 1 saturated heterocycles. The Morgan fingerprint density at radius 3 is 2.69 bits per heavy atom. The number of nitrogens with zero attached hydrogens (tertiary/aromatic N) is 1. The van der Waals surface area contributed by atoms with E-state index in [4.69, 9.17) is 10.5 Å². The first kappa shape index (κ1) is 22.7. The molecular weight excluding hydrogens is 390 g/mol. The first-order valence-electron chi connectivity index (χ1n) is 9.71. The van der Waals surface area contributed by atoms with Gasteiger partial charge in [-0.3, -0.25) is 9.59 Å². The molecule has 2 amide bonds. The fraction of sp³-hybridized carbons (Fsp3) is 0.364. The van der Waals surface area contributed by atoms with Crippen molar-refractivity contribution in [3.63, 3.8) is 0 Å². The largest absolute Gasteiger partial charge is 0.489 e. The van der Waals surface area contributed by atoms with Crippen LogP contribution in [0, 0.1) is 5.92 Å². The van der Waals surface area contributed by atoms with E-state index in [1.807, 2.05) is 42.5 Å². The molecule has 156 valence electrons. The van der Waals surface area contributed by atoms with Crippen LogP contribution in [0.1, 0.15) is 28.8 Å². The van der Waals surface area contributed by atoms with Crippen LogP contribution in [0.4, 0.5) is 0 Å². The van der Waals surface area contributed by atoms with Crippen LogP contribution in [0.25, 0.3) is 0 Å². The molecule has 0 aliphatic carbocycles. The molecule has 3 rings (SSSR count). The lowest BCUT2D eigenvalue weighted by atomic mass is 9.96. The van der Waals surface area contributed by atoms with Crippen LogP contribution in [-0.2, 0) is 11.4 Å². The maximum absolute atomic E-state index is 12.9. The summed E-state index contributed by atoms with van der Waals surface area (Å²) in [6.45, 7) is 2.42. The molecule has 0 saturated carbocycles. The molecular formula is C22H28ClN3O3. The zero-order valence-corrected chi connectivity index (χ0v) is 17.2. The van der Waals surface area contributed by atoms with Crippen LogP contribution < -0.4 is 15.8 Å². The van der Waals surface area contributed by atoms with Gasteiger partial charge < -0.3 is 20.7 Å². The maximum Gasteiger partial charge on any atom is 0.254 e. The highest BCUT2D eigenvalue weighted by Gasteiger charge is 2.28. The second-order valence-corrected chi connectivity index (χ2v) is 6.97. The van der Waals surface area contributed by atoms with E-state index in [0.29, 0.717) is 44.1 Å². The van der Waals surface area contributed by atoms with Crippen LogP contribution in [-0.4, -0.2) is 42.9 Å². The number of carbonyl (C=O) groups excluding carboxylic acids is 2. The fourth-order valence-corrected chi connectivity index (χ4v) is 3.36. The Hall–Kier alpha value is -2.57. The summed E-state index contributed by atoms with van der Waals surface area (Å²) in [4.78, 5) is 26.9. The number of amides is 2. The molecule has 1 unspecified atom stereocenters. The molecule has 0 spiro atoms. The Morgan fingerprint density at radius 2 is 1.93 bits per heavy atom. The number of nitrogens with one attached hydrogen (secondary N) is 1. The zero-order valence-electron chi connectivity index (χ0n) is 16.4. The van der Waals surface area contributed by atoms with Crippen molar-refractivity contribution in [3.8, 4) is 5.75 Å². The van der Waals surface area contributed by atoms with Gasteiger partial charge in [0.2, 0.25) is 5.91 Å². The number of nitrogens with two attached hydrogens (primary N) is 1. The molecule has 0 radical (unpaired) electrons. The number of piperidine rings is 1. The van der Waals surface area contributed by atoms with E-state index in [1.54, 1.807) is 17.0 Å². The molecule has 2 aromatic carbocycles. The smallest absolute Gasteiger partial charge is 0.254 e. The average Bonchev–Trinajstić information content (AvgIpc) is 2.76. The second-order valence-electron chi connectivity index (χ2n) is 6.97. The summed E-state index contributed by atoms with van der Waals surface area (Å²) < 4.78 is 5.83. The first-order valence-corrected chi connectivity index (χ1v) is 9.71. The summed E-state index contributed by atoms with van der Waals surface area (Å²) in [7, 11) is 0. The van der Waals surface area contributed by atoms with Gasteiger partial charge in [-0.2, -0.15) is 0 Å². The second kappa shape index (κ2) is 11.4. The minimum atomic E-state index is -0.179. The van der Waals surface area contributed by atoms with E-state index in [1.165, 1.54) is 0 Å². The van der Waals surface area contributed by atoms with E-state index >= 15 is 0 Å². The Bertz CT molecular complexity index is 801. The Balaban J connectivity index is 0.00000300. The van der Waals surface area contributed by atoms with Crippen LogP contribution >= 0.6 is 12.4 Å². The number of hydrogen-bond donors (Lipinski definition) is 2. The minimum absolute atomic E-state index is 0. The van der Waals surface area contributed by atoms with Crippen LogP contribution in [0.2, 0.25) is 0 Å². The molecule has 0 aromatic heterocycles. The predicted molar refractivity (Wildman–Crippen MR) is 115 cm³/mol. The van der Waals surface area contributed by atoms with Gasteiger partial charge in [0.15, 0.2) is 0 Å². The molecule has 1 aliphatic rings. The van der Waals surface area contributed by atoms with Crippen molar-refractivity contribution < 1.29 is 14.3 Å². The van der Waals surface area contributed by atoms with Gasteiger partial charge in [0.05, 0.1) is 5.92 Å². The predicted octanol–water partition coefficient (Wildman–Crippen LogP) is 2.61. The number of benzene rings is 2. The van der Waals surface area contributed by atoms with Gasteiger partial charge in [-0.1, -0.05) is 36.4 Å². The van der Waals surface area contributed by atoms with Crippen molar-refractivity contribution in [2.45, 2.75) is 19.4 Å².